The Morgan fingerprint density at radius 3 is 2.32 bits per heavy atom. The maximum Gasteiger partial charge on any atom is 0.126 e. The van der Waals surface area contributed by atoms with Crippen molar-refractivity contribution in [3.8, 4) is 22.5 Å². The van der Waals surface area contributed by atoms with Gasteiger partial charge in [0.25, 0.3) is 0 Å². The Morgan fingerprint density at radius 1 is 0.886 bits per heavy atom. The van der Waals surface area contributed by atoms with Gasteiger partial charge in [0.1, 0.15) is 11.4 Å². The van der Waals surface area contributed by atoms with Crippen LogP contribution >= 0.6 is 0 Å². The fourth-order valence-corrected chi connectivity index (χ4v) is 6.57. The first-order valence-corrected chi connectivity index (χ1v) is 17.7. The number of furan rings is 1. The molecule has 6 aromatic rings. The molecule has 7 heteroatoms. The van der Waals surface area contributed by atoms with Crippen molar-refractivity contribution in [2.24, 2.45) is 0 Å². The van der Waals surface area contributed by atoms with Crippen LogP contribution in [0.2, 0.25) is 19.6 Å². The van der Waals surface area contributed by atoms with Gasteiger partial charge in [0.05, 0.1) is 13.7 Å². The fourth-order valence-electron chi connectivity index (χ4n) is 4.99. The van der Waals surface area contributed by atoms with Gasteiger partial charge in [-0.1, -0.05) is 76.2 Å². The topological polar surface area (TPSA) is 38.9 Å². The minimum absolute atomic E-state index is 0. The Hall–Kier alpha value is -3.51. The smallest absolute Gasteiger partial charge is 0.126 e. The minimum atomic E-state index is -1.50. The van der Waals surface area contributed by atoms with Crippen LogP contribution in [0.15, 0.2) is 83.5 Å². The minimum Gasteiger partial charge on any atom is -0.500 e. The SMILES string of the molecule is [2H]C(C)(C)c1cc(-c2[c-]cccc2)ncc1[Si](C)(C)C.[2H]C(C)(C)c1ccnc(-c2[c-]cc(F)c3c2oc2cc(F)ccc23)c1.[Ir]. The molecule has 0 saturated heterocycles. The number of nitrogens with zero attached hydrogens (tertiary/aromatic N) is 2. The maximum atomic E-state index is 14.4. The molecular formula is C37H36F2IrN2OSi-2. The third-order valence-corrected chi connectivity index (χ3v) is 9.30. The molecule has 0 fully saturated rings. The van der Waals surface area contributed by atoms with Gasteiger partial charge in [-0.25, -0.2) is 4.39 Å². The fraction of sp³-hybridized carbons (Fsp3) is 0.243. The molecule has 0 aliphatic rings. The van der Waals surface area contributed by atoms with E-state index in [4.69, 9.17) is 7.16 Å². The van der Waals surface area contributed by atoms with Gasteiger partial charge in [0.15, 0.2) is 0 Å². The van der Waals surface area contributed by atoms with Gasteiger partial charge in [-0.15, -0.1) is 48.0 Å². The van der Waals surface area contributed by atoms with Gasteiger partial charge in [0.2, 0.25) is 0 Å². The third-order valence-electron chi connectivity index (χ3n) is 7.29. The van der Waals surface area contributed by atoms with Crippen LogP contribution in [0.4, 0.5) is 8.78 Å². The van der Waals surface area contributed by atoms with Gasteiger partial charge in [-0.3, -0.25) is 4.39 Å². The van der Waals surface area contributed by atoms with Crippen molar-refractivity contribution in [1.82, 2.24) is 9.97 Å². The second kappa shape index (κ2) is 13.6. The third kappa shape index (κ3) is 7.07. The van der Waals surface area contributed by atoms with Crippen LogP contribution in [0.5, 0.6) is 0 Å². The van der Waals surface area contributed by atoms with Gasteiger partial charge in [0, 0.05) is 52.5 Å². The number of rotatable bonds is 5. The second-order valence-corrected chi connectivity index (χ2v) is 17.1. The summed E-state index contributed by atoms with van der Waals surface area (Å²) in [6.07, 6.45) is 3.58. The molecular weight excluding hydrogens is 747 g/mol. The Kier molecular flexibility index (Phi) is 9.46. The van der Waals surface area contributed by atoms with Gasteiger partial charge in [-0.2, -0.15) is 0 Å². The molecule has 0 bridgehead atoms. The number of pyridine rings is 2. The summed E-state index contributed by atoms with van der Waals surface area (Å²) in [5, 5.41) is 2.05. The predicted octanol–water partition coefficient (Wildman–Crippen LogP) is 10.1. The van der Waals surface area contributed by atoms with Crippen LogP contribution in [0.3, 0.4) is 0 Å². The van der Waals surface area contributed by atoms with E-state index in [1.165, 1.54) is 29.5 Å². The van der Waals surface area contributed by atoms with E-state index in [2.05, 4.69) is 47.8 Å². The van der Waals surface area contributed by atoms with E-state index in [0.29, 0.717) is 16.6 Å². The van der Waals surface area contributed by atoms with Gasteiger partial charge in [-0.05, 0) is 51.9 Å². The Balaban J connectivity index is 0.000000210. The number of aromatic nitrogens is 2. The molecule has 3 nitrogen and oxygen atoms in total. The Morgan fingerprint density at radius 2 is 1.66 bits per heavy atom. The molecule has 0 saturated carbocycles. The van der Waals surface area contributed by atoms with E-state index >= 15 is 0 Å². The standard InChI is InChI=1S/C20H14F2NO.C17H22NSi.Ir/c1-11(2)12-7-8-23-17(9-12)14-5-6-16(22)19-15-4-3-13(21)10-18(15)24-20(14)19;1-13(2)15-11-16(14-9-7-6-8-10-14)18-12-17(15)19(3,4)5;/h3-4,6-11H,1-2H3;6-9,11-13H,1-5H3;/q2*-1;/i11D;13D;. The van der Waals surface area contributed by atoms with E-state index < -0.39 is 31.5 Å². The maximum absolute atomic E-state index is 14.4. The summed E-state index contributed by atoms with van der Waals surface area (Å²) in [7, 11) is -1.50. The average Bonchev–Trinajstić information content (AvgIpc) is 3.36. The Bertz CT molecular complexity index is 2000. The molecule has 0 aliphatic heterocycles. The first-order valence-electron chi connectivity index (χ1n) is 15.2. The molecule has 0 unspecified atom stereocenters. The molecule has 3 aromatic carbocycles. The molecule has 1 radical (unpaired) electrons. The van der Waals surface area contributed by atoms with Crippen LogP contribution in [-0.2, 0) is 20.1 Å². The zero-order chi connectivity index (χ0) is 32.7. The van der Waals surface area contributed by atoms with Crippen LogP contribution in [0.25, 0.3) is 44.5 Å². The predicted molar refractivity (Wildman–Crippen MR) is 175 cm³/mol. The van der Waals surface area contributed by atoms with Crippen LogP contribution < -0.4 is 5.19 Å². The van der Waals surface area contributed by atoms with E-state index in [1.807, 2.05) is 44.3 Å². The quantitative estimate of drug-likeness (QED) is 0.129. The van der Waals surface area contributed by atoms with Crippen molar-refractivity contribution in [2.75, 3.05) is 0 Å². The van der Waals surface area contributed by atoms with E-state index in [9.17, 15) is 8.78 Å². The van der Waals surface area contributed by atoms with E-state index in [0.717, 1.165) is 22.4 Å². The molecule has 0 N–H and O–H groups in total. The summed E-state index contributed by atoms with van der Waals surface area (Å²) in [5.41, 5.74) is 5.31. The van der Waals surface area contributed by atoms with Crippen molar-refractivity contribution in [3.63, 3.8) is 0 Å². The van der Waals surface area contributed by atoms with E-state index in [-0.39, 0.29) is 36.7 Å². The van der Waals surface area contributed by atoms with Crippen molar-refractivity contribution in [2.45, 2.75) is 59.1 Å². The summed E-state index contributed by atoms with van der Waals surface area (Å²) >= 11 is 0. The number of halogens is 2. The first-order chi connectivity index (χ1) is 21.0. The van der Waals surface area contributed by atoms with Crippen molar-refractivity contribution < 1.29 is 36.0 Å². The zero-order valence-corrected chi connectivity index (χ0v) is 29.3. The summed E-state index contributed by atoms with van der Waals surface area (Å²) in [5.74, 6) is -2.34. The van der Waals surface area contributed by atoms with Crippen molar-refractivity contribution in [3.05, 3.63) is 114 Å². The van der Waals surface area contributed by atoms with Crippen LogP contribution in [0, 0.1) is 23.8 Å². The zero-order valence-electron chi connectivity index (χ0n) is 27.9. The molecule has 0 aliphatic carbocycles. The van der Waals surface area contributed by atoms with Crippen molar-refractivity contribution >= 4 is 35.2 Å². The average molecular weight is 785 g/mol. The first kappa shape index (κ1) is 30.5. The number of benzene rings is 3. The number of hydrogen-bond donors (Lipinski definition) is 0. The van der Waals surface area contributed by atoms with Gasteiger partial charge < -0.3 is 14.4 Å². The van der Waals surface area contributed by atoms with Crippen LogP contribution in [0.1, 0.15) is 53.4 Å². The summed E-state index contributed by atoms with van der Waals surface area (Å²) in [6, 6.07) is 24.8. The molecule has 0 amide bonds. The second-order valence-electron chi connectivity index (χ2n) is 12.0. The summed E-state index contributed by atoms with van der Waals surface area (Å²) in [4.78, 5) is 8.93. The molecule has 0 atom stereocenters. The molecule has 229 valence electrons. The van der Waals surface area contributed by atoms with E-state index in [1.54, 1.807) is 32.2 Å². The Labute approximate surface area is 275 Å². The largest absolute Gasteiger partial charge is 0.500 e. The summed E-state index contributed by atoms with van der Waals surface area (Å²) in [6.45, 7) is 14.4. The normalized spacial score (nSPS) is 12.7. The molecule has 3 heterocycles. The number of fused-ring (bicyclic) bond motifs is 3. The van der Waals surface area contributed by atoms with Crippen molar-refractivity contribution in [1.29, 1.82) is 0 Å². The number of hydrogen-bond acceptors (Lipinski definition) is 3. The molecule has 44 heavy (non-hydrogen) atoms. The summed E-state index contributed by atoms with van der Waals surface area (Å²) < 4.78 is 50.2. The monoisotopic (exact) mass is 785 g/mol. The molecule has 0 spiro atoms. The molecule has 6 rings (SSSR count). The molecule has 3 aromatic heterocycles. The van der Waals surface area contributed by atoms with Crippen LogP contribution in [-0.4, -0.2) is 18.0 Å². The van der Waals surface area contributed by atoms with Gasteiger partial charge >= 0.3 is 0 Å².